The Hall–Kier alpha value is -3.02. The van der Waals surface area contributed by atoms with E-state index in [4.69, 9.17) is 9.47 Å². The van der Waals surface area contributed by atoms with Crippen molar-refractivity contribution in [3.8, 4) is 0 Å². The maximum atomic E-state index is 12.5. The molecule has 0 fully saturated rings. The van der Waals surface area contributed by atoms with E-state index < -0.39 is 17.4 Å². The molecule has 0 N–H and O–H groups in total. The van der Waals surface area contributed by atoms with Gasteiger partial charge in [-0.1, -0.05) is 24.3 Å². The Labute approximate surface area is 152 Å². The fraction of sp³-hybridized carbons (Fsp3) is 0.300. The standard InChI is InChI=1S/C20H21NO5/c1-4-25-18(23)20(3,19(24)26-5-2)16-10-8-14(9-11-16)17(22)15-7-6-12-21-13-15/h6-13H,4-5H2,1-3H3. The highest BCUT2D eigenvalue weighted by Crippen LogP contribution is 2.28. The molecule has 0 aliphatic carbocycles. The van der Waals surface area contributed by atoms with Gasteiger partial charge in [0.2, 0.25) is 0 Å². The average molecular weight is 355 g/mol. The van der Waals surface area contributed by atoms with Gasteiger partial charge in [0, 0.05) is 23.5 Å². The number of hydrogen-bond acceptors (Lipinski definition) is 6. The monoisotopic (exact) mass is 355 g/mol. The third kappa shape index (κ3) is 3.79. The Kier molecular flexibility index (Phi) is 6.22. The SMILES string of the molecule is CCOC(=O)C(C)(C(=O)OCC)c1ccc(C(=O)c2cccnc2)cc1. The summed E-state index contributed by atoms with van der Waals surface area (Å²) in [5.41, 5.74) is -0.310. The van der Waals surface area contributed by atoms with Gasteiger partial charge in [-0.3, -0.25) is 19.4 Å². The molecule has 0 saturated carbocycles. The molecule has 0 unspecified atom stereocenters. The molecule has 1 aromatic heterocycles. The minimum Gasteiger partial charge on any atom is -0.465 e. The molecule has 0 aliphatic rings. The molecule has 0 spiro atoms. The van der Waals surface area contributed by atoms with Gasteiger partial charge >= 0.3 is 11.9 Å². The third-order valence-corrected chi connectivity index (χ3v) is 4.02. The molecule has 2 rings (SSSR count). The fourth-order valence-electron chi connectivity index (χ4n) is 2.49. The Balaban J connectivity index is 2.37. The van der Waals surface area contributed by atoms with Gasteiger partial charge in [-0.15, -0.1) is 0 Å². The van der Waals surface area contributed by atoms with Crippen LogP contribution in [0.15, 0.2) is 48.8 Å². The predicted octanol–water partition coefficient (Wildman–Crippen LogP) is 2.70. The van der Waals surface area contributed by atoms with Crippen LogP contribution >= 0.6 is 0 Å². The molecule has 0 saturated heterocycles. The van der Waals surface area contributed by atoms with Gasteiger partial charge in [-0.25, -0.2) is 0 Å². The third-order valence-electron chi connectivity index (χ3n) is 4.02. The molecular formula is C20H21NO5. The Morgan fingerprint density at radius 3 is 1.96 bits per heavy atom. The number of ketones is 1. The summed E-state index contributed by atoms with van der Waals surface area (Å²) in [6, 6.07) is 9.63. The van der Waals surface area contributed by atoms with Gasteiger partial charge in [-0.2, -0.15) is 0 Å². The van der Waals surface area contributed by atoms with Crippen LogP contribution in [0, 0.1) is 0 Å². The van der Waals surface area contributed by atoms with Gasteiger partial charge in [0.1, 0.15) is 0 Å². The lowest BCUT2D eigenvalue weighted by atomic mass is 9.82. The molecule has 2 aromatic rings. The number of pyridine rings is 1. The largest absolute Gasteiger partial charge is 0.465 e. The Morgan fingerprint density at radius 1 is 0.923 bits per heavy atom. The quantitative estimate of drug-likeness (QED) is 0.431. The van der Waals surface area contributed by atoms with Crippen molar-refractivity contribution in [3.05, 3.63) is 65.5 Å². The highest BCUT2D eigenvalue weighted by Gasteiger charge is 2.46. The number of aromatic nitrogens is 1. The van der Waals surface area contributed by atoms with Crippen LogP contribution in [-0.2, 0) is 24.5 Å². The molecule has 0 bridgehead atoms. The van der Waals surface area contributed by atoms with Gasteiger partial charge < -0.3 is 9.47 Å². The molecule has 6 nitrogen and oxygen atoms in total. The lowest BCUT2D eigenvalue weighted by molar-refractivity contribution is -0.163. The van der Waals surface area contributed by atoms with E-state index in [0.29, 0.717) is 16.7 Å². The second-order valence-corrected chi connectivity index (χ2v) is 5.71. The zero-order chi connectivity index (χ0) is 19.2. The van der Waals surface area contributed by atoms with Gasteiger partial charge in [0.15, 0.2) is 11.2 Å². The summed E-state index contributed by atoms with van der Waals surface area (Å²) >= 11 is 0. The molecule has 0 amide bonds. The average Bonchev–Trinajstić information content (AvgIpc) is 2.68. The minimum absolute atomic E-state index is 0.144. The summed E-state index contributed by atoms with van der Waals surface area (Å²) in [7, 11) is 0. The van der Waals surface area contributed by atoms with Gasteiger partial charge in [0.05, 0.1) is 13.2 Å². The van der Waals surface area contributed by atoms with E-state index in [1.165, 1.54) is 13.1 Å². The van der Waals surface area contributed by atoms with Crippen LogP contribution in [0.4, 0.5) is 0 Å². The maximum Gasteiger partial charge on any atom is 0.327 e. The zero-order valence-electron chi connectivity index (χ0n) is 15.0. The first-order valence-corrected chi connectivity index (χ1v) is 8.34. The molecule has 0 aliphatic heterocycles. The number of rotatable bonds is 7. The summed E-state index contributed by atoms with van der Waals surface area (Å²) in [5, 5.41) is 0. The van der Waals surface area contributed by atoms with Crippen molar-refractivity contribution in [2.75, 3.05) is 13.2 Å². The summed E-state index contributed by atoms with van der Waals surface area (Å²) in [6.07, 6.45) is 3.07. The van der Waals surface area contributed by atoms with E-state index in [1.54, 1.807) is 56.4 Å². The van der Waals surface area contributed by atoms with Crippen molar-refractivity contribution < 1.29 is 23.9 Å². The topological polar surface area (TPSA) is 82.6 Å². The number of carbonyl (C=O) groups is 3. The molecule has 1 heterocycles. The fourth-order valence-corrected chi connectivity index (χ4v) is 2.49. The van der Waals surface area contributed by atoms with Crippen molar-refractivity contribution in [1.82, 2.24) is 4.98 Å². The van der Waals surface area contributed by atoms with Crippen LogP contribution in [0.2, 0.25) is 0 Å². The van der Waals surface area contributed by atoms with E-state index in [2.05, 4.69) is 4.98 Å². The number of nitrogens with zero attached hydrogens (tertiary/aromatic N) is 1. The minimum atomic E-state index is -1.60. The van der Waals surface area contributed by atoms with Crippen molar-refractivity contribution in [2.45, 2.75) is 26.2 Å². The molecule has 0 radical (unpaired) electrons. The van der Waals surface area contributed by atoms with E-state index in [-0.39, 0.29) is 19.0 Å². The summed E-state index contributed by atoms with van der Waals surface area (Å²) < 4.78 is 10.1. The van der Waals surface area contributed by atoms with Crippen molar-refractivity contribution in [1.29, 1.82) is 0 Å². The number of esters is 2. The summed E-state index contributed by atoms with van der Waals surface area (Å²) in [6.45, 7) is 5.08. The number of benzene rings is 1. The van der Waals surface area contributed by atoms with E-state index in [1.807, 2.05) is 0 Å². The van der Waals surface area contributed by atoms with Gasteiger partial charge in [-0.05, 0) is 38.5 Å². The Morgan fingerprint density at radius 2 is 1.50 bits per heavy atom. The van der Waals surface area contributed by atoms with Crippen LogP contribution in [0.1, 0.15) is 42.3 Å². The zero-order valence-corrected chi connectivity index (χ0v) is 15.0. The first kappa shape index (κ1) is 19.3. The molecule has 136 valence electrons. The van der Waals surface area contributed by atoms with Crippen LogP contribution in [0.3, 0.4) is 0 Å². The van der Waals surface area contributed by atoms with Crippen LogP contribution in [0.5, 0.6) is 0 Å². The molecule has 0 atom stereocenters. The predicted molar refractivity (Wildman–Crippen MR) is 94.7 cm³/mol. The number of hydrogen-bond donors (Lipinski definition) is 0. The number of ether oxygens (including phenoxy) is 2. The van der Waals surface area contributed by atoms with E-state index >= 15 is 0 Å². The molecule has 26 heavy (non-hydrogen) atoms. The molecule has 1 aromatic carbocycles. The number of carbonyl (C=O) groups excluding carboxylic acids is 3. The molecular weight excluding hydrogens is 334 g/mol. The second kappa shape index (κ2) is 8.38. The van der Waals surface area contributed by atoms with E-state index in [9.17, 15) is 14.4 Å². The smallest absolute Gasteiger partial charge is 0.327 e. The summed E-state index contributed by atoms with van der Waals surface area (Å²) in [4.78, 5) is 41.2. The van der Waals surface area contributed by atoms with Crippen molar-refractivity contribution >= 4 is 17.7 Å². The van der Waals surface area contributed by atoms with Crippen LogP contribution < -0.4 is 0 Å². The molecule has 6 heteroatoms. The highest BCUT2D eigenvalue weighted by atomic mass is 16.6. The second-order valence-electron chi connectivity index (χ2n) is 5.71. The normalized spacial score (nSPS) is 10.9. The Bertz CT molecular complexity index is 766. The first-order chi connectivity index (χ1) is 12.4. The highest BCUT2D eigenvalue weighted by molar-refractivity contribution is 6.09. The maximum absolute atomic E-state index is 12.5. The van der Waals surface area contributed by atoms with Crippen LogP contribution in [-0.4, -0.2) is 35.9 Å². The lowest BCUT2D eigenvalue weighted by Crippen LogP contribution is -2.43. The van der Waals surface area contributed by atoms with E-state index in [0.717, 1.165) is 0 Å². The first-order valence-electron chi connectivity index (χ1n) is 8.34. The lowest BCUT2D eigenvalue weighted by Gasteiger charge is -2.25. The van der Waals surface area contributed by atoms with Gasteiger partial charge in [0.25, 0.3) is 0 Å². The summed E-state index contributed by atoms with van der Waals surface area (Å²) in [5.74, 6) is -1.58. The van der Waals surface area contributed by atoms with Crippen LogP contribution in [0.25, 0.3) is 0 Å². The van der Waals surface area contributed by atoms with Crippen molar-refractivity contribution in [3.63, 3.8) is 0 Å². The van der Waals surface area contributed by atoms with Crippen molar-refractivity contribution in [2.24, 2.45) is 0 Å².